The molecule has 1 heterocycles. The first kappa shape index (κ1) is 16.6. The highest BCUT2D eigenvalue weighted by molar-refractivity contribution is 7.91. The van der Waals surface area contributed by atoms with Crippen LogP contribution in [0.2, 0.25) is 0 Å². The fraction of sp³-hybridized carbons (Fsp3) is 0.667. The Kier molecular flexibility index (Phi) is 7.55. The van der Waals surface area contributed by atoms with Gasteiger partial charge in [-0.15, -0.1) is 11.3 Å². The quantitative estimate of drug-likeness (QED) is 0.664. The maximum absolute atomic E-state index is 11.8. The summed E-state index contributed by atoms with van der Waals surface area (Å²) in [4.78, 5) is 2.26. The van der Waals surface area contributed by atoms with Crippen molar-refractivity contribution in [3.63, 3.8) is 0 Å². The van der Waals surface area contributed by atoms with Crippen LogP contribution in [0.1, 0.15) is 13.8 Å². The van der Waals surface area contributed by atoms with Gasteiger partial charge in [-0.05, 0) is 24.5 Å². The molecule has 0 fully saturated rings. The molecule has 1 aromatic heterocycles. The topological polar surface area (TPSA) is 58.6 Å². The summed E-state index contributed by atoms with van der Waals surface area (Å²) >= 11 is 1.21. The zero-order chi connectivity index (χ0) is 14.1. The van der Waals surface area contributed by atoms with Gasteiger partial charge in [-0.1, -0.05) is 19.9 Å². The Bertz CT molecular complexity index is 428. The lowest BCUT2D eigenvalue weighted by Gasteiger charge is -2.17. The highest BCUT2D eigenvalue weighted by Gasteiger charge is 2.13. The van der Waals surface area contributed by atoms with Gasteiger partial charge in [0.1, 0.15) is 4.21 Å². The van der Waals surface area contributed by atoms with Crippen molar-refractivity contribution in [2.75, 3.05) is 39.4 Å². The van der Waals surface area contributed by atoms with Gasteiger partial charge in [-0.25, -0.2) is 13.1 Å². The van der Waals surface area contributed by atoms with Crippen molar-refractivity contribution >= 4 is 21.4 Å². The van der Waals surface area contributed by atoms with E-state index in [-0.39, 0.29) is 0 Å². The van der Waals surface area contributed by atoms with E-state index in [0.29, 0.717) is 24.0 Å². The molecule has 5 nitrogen and oxygen atoms in total. The molecule has 1 aromatic rings. The van der Waals surface area contributed by atoms with E-state index < -0.39 is 10.0 Å². The van der Waals surface area contributed by atoms with Crippen LogP contribution in [0.15, 0.2) is 21.7 Å². The van der Waals surface area contributed by atoms with E-state index in [9.17, 15) is 8.42 Å². The normalized spacial score (nSPS) is 12.2. The summed E-state index contributed by atoms with van der Waals surface area (Å²) in [6.07, 6.45) is 0. The standard InChI is InChI=1S/C12H22N2O3S2/c1-3-14(4-2)8-10-17-9-7-13-19(15,16)12-6-5-11-18-12/h5-6,11,13H,3-4,7-10H2,1-2H3. The smallest absolute Gasteiger partial charge is 0.250 e. The van der Waals surface area contributed by atoms with E-state index in [0.717, 1.165) is 19.6 Å². The number of sulfonamides is 1. The third-order valence-electron chi connectivity index (χ3n) is 2.74. The molecule has 0 unspecified atom stereocenters. The first-order valence-corrected chi connectivity index (χ1v) is 8.79. The summed E-state index contributed by atoms with van der Waals surface area (Å²) in [6, 6.07) is 3.31. The molecule has 0 aromatic carbocycles. The summed E-state index contributed by atoms with van der Waals surface area (Å²) in [5, 5.41) is 1.75. The molecule has 1 rings (SSSR count). The molecule has 0 aliphatic rings. The highest BCUT2D eigenvalue weighted by Crippen LogP contribution is 2.14. The van der Waals surface area contributed by atoms with Crippen molar-refractivity contribution in [2.45, 2.75) is 18.1 Å². The summed E-state index contributed by atoms with van der Waals surface area (Å²) in [5.74, 6) is 0. The van der Waals surface area contributed by atoms with Gasteiger partial charge >= 0.3 is 0 Å². The number of nitrogens with zero attached hydrogens (tertiary/aromatic N) is 1. The molecular formula is C12H22N2O3S2. The van der Waals surface area contributed by atoms with E-state index in [4.69, 9.17) is 4.74 Å². The lowest BCUT2D eigenvalue weighted by Crippen LogP contribution is -2.30. The minimum atomic E-state index is -3.35. The predicted molar refractivity (Wildman–Crippen MR) is 78.1 cm³/mol. The first-order chi connectivity index (χ1) is 9.10. The predicted octanol–water partition coefficient (Wildman–Crippen LogP) is 1.38. The van der Waals surface area contributed by atoms with Crippen molar-refractivity contribution in [2.24, 2.45) is 0 Å². The Labute approximate surface area is 119 Å². The Hall–Kier alpha value is -0.470. The number of rotatable bonds is 10. The SMILES string of the molecule is CCN(CC)CCOCCNS(=O)(=O)c1cccs1. The second-order valence-corrected chi connectivity index (χ2v) is 6.91. The maximum atomic E-state index is 11.8. The van der Waals surface area contributed by atoms with Crippen molar-refractivity contribution in [3.8, 4) is 0 Å². The fourth-order valence-electron chi connectivity index (χ4n) is 1.57. The molecule has 19 heavy (non-hydrogen) atoms. The fourth-order valence-corrected chi connectivity index (χ4v) is 3.62. The summed E-state index contributed by atoms with van der Waals surface area (Å²) in [7, 11) is -3.35. The molecule has 0 atom stereocenters. The van der Waals surface area contributed by atoms with Gasteiger partial charge in [0, 0.05) is 13.1 Å². The Morgan fingerprint density at radius 3 is 2.63 bits per heavy atom. The van der Waals surface area contributed by atoms with Crippen molar-refractivity contribution in [3.05, 3.63) is 17.5 Å². The van der Waals surface area contributed by atoms with Gasteiger partial charge in [0.15, 0.2) is 0 Å². The van der Waals surface area contributed by atoms with Crippen LogP contribution in [0.5, 0.6) is 0 Å². The van der Waals surface area contributed by atoms with Crippen molar-refractivity contribution in [1.82, 2.24) is 9.62 Å². The van der Waals surface area contributed by atoms with Crippen LogP contribution in [0.3, 0.4) is 0 Å². The summed E-state index contributed by atoms with van der Waals surface area (Å²) < 4.78 is 31.8. The van der Waals surface area contributed by atoms with Crippen LogP contribution in [0.4, 0.5) is 0 Å². The number of hydrogen-bond donors (Lipinski definition) is 1. The first-order valence-electron chi connectivity index (χ1n) is 6.43. The molecule has 0 saturated carbocycles. The number of ether oxygens (including phenoxy) is 1. The molecule has 7 heteroatoms. The molecule has 0 aliphatic carbocycles. The molecule has 0 bridgehead atoms. The molecule has 0 amide bonds. The zero-order valence-electron chi connectivity index (χ0n) is 11.5. The van der Waals surface area contributed by atoms with E-state index in [1.807, 2.05) is 0 Å². The lowest BCUT2D eigenvalue weighted by atomic mass is 10.5. The molecule has 1 N–H and O–H groups in total. The van der Waals surface area contributed by atoms with Gasteiger partial charge in [-0.3, -0.25) is 0 Å². The maximum Gasteiger partial charge on any atom is 0.250 e. The van der Waals surface area contributed by atoms with Crippen LogP contribution in [0, 0.1) is 0 Å². The third kappa shape index (κ3) is 6.01. The van der Waals surface area contributed by atoms with E-state index in [1.54, 1.807) is 17.5 Å². The average molecular weight is 306 g/mol. The number of nitrogens with one attached hydrogen (secondary N) is 1. The zero-order valence-corrected chi connectivity index (χ0v) is 13.1. The third-order valence-corrected chi connectivity index (χ3v) is 5.60. The Balaban J connectivity index is 2.14. The van der Waals surface area contributed by atoms with Gasteiger partial charge in [0.25, 0.3) is 0 Å². The second kappa shape index (κ2) is 8.65. The summed E-state index contributed by atoms with van der Waals surface area (Å²) in [6.45, 7) is 8.44. The second-order valence-electron chi connectivity index (χ2n) is 3.97. The van der Waals surface area contributed by atoms with Gasteiger partial charge in [-0.2, -0.15) is 0 Å². The number of likely N-dealkylation sites (N-methyl/N-ethyl adjacent to an activating group) is 1. The van der Waals surface area contributed by atoms with Crippen LogP contribution in [0.25, 0.3) is 0 Å². The van der Waals surface area contributed by atoms with Gasteiger partial charge < -0.3 is 9.64 Å². The van der Waals surface area contributed by atoms with Crippen LogP contribution in [-0.2, 0) is 14.8 Å². The van der Waals surface area contributed by atoms with Crippen LogP contribution < -0.4 is 4.72 Å². The largest absolute Gasteiger partial charge is 0.379 e. The van der Waals surface area contributed by atoms with Crippen molar-refractivity contribution < 1.29 is 13.2 Å². The van der Waals surface area contributed by atoms with Crippen LogP contribution in [-0.4, -0.2) is 52.7 Å². The molecule has 110 valence electrons. The van der Waals surface area contributed by atoms with E-state index >= 15 is 0 Å². The van der Waals surface area contributed by atoms with Crippen molar-refractivity contribution in [1.29, 1.82) is 0 Å². The molecule has 0 radical (unpaired) electrons. The number of hydrogen-bond acceptors (Lipinski definition) is 5. The molecular weight excluding hydrogens is 284 g/mol. The Morgan fingerprint density at radius 2 is 2.05 bits per heavy atom. The average Bonchev–Trinajstić information content (AvgIpc) is 2.92. The highest BCUT2D eigenvalue weighted by atomic mass is 32.2. The van der Waals surface area contributed by atoms with E-state index in [1.165, 1.54) is 11.3 Å². The Morgan fingerprint density at radius 1 is 1.32 bits per heavy atom. The lowest BCUT2D eigenvalue weighted by molar-refractivity contribution is 0.111. The molecule has 0 saturated heterocycles. The van der Waals surface area contributed by atoms with Gasteiger partial charge in [0.2, 0.25) is 10.0 Å². The number of thiophene rings is 1. The monoisotopic (exact) mass is 306 g/mol. The minimum absolute atomic E-state index is 0.304. The molecule has 0 spiro atoms. The van der Waals surface area contributed by atoms with E-state index in [2.05, 4.69) is 23.5 Å². The minimum Gasteiger partial charge on any atom is -0.379 e. The van der Waals surface area contributed by atoms with Crippen LogP contribution >= 0.6 is 11.3 Å². The summed E-state index contributed by atoms with van der Waals surface area (Å²) in [5.41, 5.74) is 0. The van der Waals surface area contributed by atoms with Gasteiger partial charge in [0.05, 0.1) is 13.2 Å². The molecule has 0 aliphatic heterocycles.